The van der Waals surface area contributed by atoms with Gasteiger partial charge in [0, 0.05) is 12.6 Å². The summed E-state index contributed by atoms with van der Waals surface area (Å²) in [5.74, 6) is 0.397. The predicted molar refractivity (Wildman–Crippen MR) is 80.4 cm³/mol. The number of nitrogens with two attached hydrogens (primary N) is 1. The number of sulfonamides is 1. The van der Waals surface area contributed by atoms with Gasteiger partial charge in [-0.2, -0.15) is 0 Å². The first kappa shape index (κ1) is 16.7. The first-order valence-electron chi connectivity index (χ1n) is 6.62. The summed E-state index contributed by atoms with van der Waals surface area (Å²) in [5, 5.41) is 0. The van der Waals surface area contributed by atoms with Crippen LogP contribution < -0.4 is 15.2 Å². The Morgan fingerprint density at radius 3 is 2.50 bits per heavy atom. The molecule has 20 heavy (non-hydrogen) atoms. The molecule has 3 N–H and O–H groups in total. The predicted octanol–water partition coefficient (Wildman–Crippen LogP) is 0.898. The van der Waals surface area contributed by atoms with Crippen LogP contribution in [0.25, 0.3) is 0 Å². The monoisotopic (exact) mass is 301 g/mol. The third-order valence-corrected chi connectivity index (χ3v) is 4.54. The molecule has 0 aliphatic carbocycles. The van der Waals surface area contributed by atoms with Gasteiger partial charge < -0.3 is 15.4 Å². The van der Waals surface area contributed by atoms with Crippen molar-refractivity contribution in [3.05, 3.63) is 18.2 Å². The van der Waals surface area contributed by atoms with Crippen molar-refractivity contribution < 1.29 is 13.2 Å². The van der Waals surface area contributed by atoms with E-state index in [2.05, 4.69) is 23.5 Å². The SMILES string of the molecule is CCN(CC)CCOc1cc(S(=O)(=O)NC)ccc1N. The van der Waals surface area contributed by atoms with Crippen LogP contribution in [0.15, 0.2) is 23.1 Å². The Morgan fingerprint density at radius 1 is 1.30 bits per heavy atom. The molecule has 0 amide bonds. The number of benzene rings is 1. The van der Waals surface area contributed by atoms with Crippen LogP contribution in [0.3, 0.4) is 0 Å². The van der Waals surface area contributed by atoms with Gasteiger partial charge in [0.25, 0.3) is 0 Å². The second-order valence-electron chi connectivity index (χ2n) is 4.28. The Labute approximate surface area is 121 Å². The molecule has 114 valence electrons. The van der Waals surface area contributed by atoms with Gasteiger partial charge in [-0.3, -0.25) is 0 Å². The number of nitrogens with one attached hydrogen (secondary N) is 1. The molecule has 0 radical (unpaired) electrons. The Kier molecular flexibility index (Phi) is 6.25. The molecule has 0 saturated heterocycles. The quantitative estimate of drug-likeness (QED) is 0.697. The highest BCUT2D eigenvalue weighted by atomic mass is 32.2. The first-order valence-corrected chi connectivity index (χ1v) is 8.11. The van der Waals surface area contributed by atoms with Crippen molar-refractivity contribution in [1.82, 2.24) is 9.62 Å². The van der Waals surface area contributed by atoms with E-state index in [0.29, 0.717) is 18.0 Å². The summed E-state index contributed by atoms with van der Waals surface area (Å²) in [7, 11) is -2.12. The van der Waals surface area contributed by atoms with Crippen LogP contribution in [0.4, 0.5) is 5.69 Å². The lowest BCUT2D eigenvalue weighted by Crippen LogP contribution is -2.28. The Morgan fingerprint density at radius 2 is 1.95 bits per heavy atom. The van der Waals surface area contributed by atoms with Crippen molar-refractivity contribution in [2.24, 2.45) is 0 Å². The first-order chi connectivity index (χ1) is 9.44. The zero-order valence-electron chi connectivity index (χ0n) is 12.2. The largest absolute Gasteiger partial charge is 0.490 e. The van der Waals surface area contributed by atoms with E-state index in [1.165, 1.54) is 25.2 Å². The molecule has 0 unspecified atom stereocenters. The number of anilines is 1. The van der Waals surface area contributed by atoms with Gasteiger partial charge in [-0.25, -0.2) is 13.1 Å². The molecule has 0 saturated carbocycles. The molecule has 0 aromatic heterocycles. The minimum absolute atomic E-state index is 0.145. The molecule has 0 aliphatic rings. The fourth-order valence-electron chi connectivity index (χ4n) is 1.75. The van der Waals surface area contributed by atoms with Gasteiger partial charge in [-0.15, -0.1) is 0 Å². The fraction of sp³-hybridized carbons (Fsp3) is 0.538. The zero-order chi connectivity index (χ0) is 15.2. The molecule has 0 spiro atoms. The summed E-state index contributed by atoms with van der Waals surface area (Å²) >= 11 is 0. The van der Waals surface area contributed by atoms with E-state index < -0.39 is 10.0 Å². The highest BCUT2D eigenvalue weighted by molar-refractivity contribution is 7.89. The van der Waals surface area contributed by atoms with Crippen LogP contribution in [0.2, 0.25) is 0 Å². The third-order valence-electron chi connectivity index (χ3n) is 3.12. The van der Waals surface area contributed by atoms with Crippen molar-refractivity contribution in [3.8, 4) is 5.75 Å². The Balaban J connectivity index is 2.78. The van der Waals surface area contributed by atoms with Crippen LogP contribution in [0.5, 0.6) is 5.75 Å². The molecule has 1 aromatic carbocycles. The van der Waals surface area contributed by atoms with Gasteiger partial charge in [0.15, 0.2) is 0 Å². The summed E-state index contributed by atoms with van der Waals surface area (Å²) in [4.78, 5) is 2.36. The average Bonchev–Trinajstić information content (AvgIpc) is 2.45. The Bertz CT molecular complexity index is 528. The average molecular weight is 301 g/mol. The van der Waals surface area contributed by atoms with Gasteiger partial charge in [-0.1, -0.05) is 13.8 Å². The summed E-state index contributed by atoms with van der Waals surface area (Å²) < 4.78 is 31.3. The minimum atomic E-state index is -3.48. The van der Waals surface area contributed by atoms with E-state index in [9.17, 15) is 8.42 Å². The van der Waals surface area contributed by atoms with Crippen molar-refractivity contribution in [3.63, 3.8) is 0 Å². The van der Waals surface area contributed by atoms with Gasteiger partial charge in [0.2, 0.25) is 10.0 Å². The number of hydrogen-bond acceptors (Lipinski definition) is 5. The number of ether oxygens (including phenoxy) is 1. The maximum atomic E-state index is 11.7. The van der Waals surface area contributed by atoms with Crippen molar-refractivity contribution in [2.45, 2.75) is 18.7 Å². The summed E-state index contributed by atoms with van der Waals surface area (Å²) in [6, 6.07) is 4.44. The maximum Gasteiger partial charge on any atom is 0.240 e. The van der Waals surface area contributed by atoms with E-state index in [1.54, 1.807) is 0 Å². The number of likely N-dealkylation sites (N-methyl/N-ethyl adjacent to an activating group) is 1. The lowest BCUT2D eigenvalue weighted by atomic mass is 10.3. The minimum Gasteiger partial charge on any atom is -0.490 e. The van der Waals surface area contributed by atoms with Crippen molar-refractivity contribution >= 4 is 15.7 Å². The number of nitrogen functional groups attached to an aromatic ring is 1. The zero-order valence-corrected chi connectivity index (χ0v) is 13.0. The highest BCUT2D eigenvalue weighted by Gasteiger charge is 2.14. The molecule has 1 rings (SSSR count). The normalized spacial score (nSPS) is 11.8. The van der Waals surface area contributed by atoms with Crippen LogP contribution in [-0.4, -0.2) is 46.6 Å². The van der Waals surface area contributed by atoms with Crippen LogP contribution in [-0.2, 0) is 10.0 Å². The molecule has 1 aromatic rings. The highest BCUT2D eigenvalue weighted by Crippen LogP contribution is 2.25. The number of hydrogen-bond donors (Lipinski definition) is 2. The third kappa shape index (κ3) is 4.36. The summed E-state index contributed by atoms with van der Waals surface area (Å²) in [6.45, 7) is 7.30. The lowest BCUT2D eigenvalue weighted by molar-refractivity contribution is 0.223. The van der Waals surface area contributed by atoms with E-state index in [4.69, 9.17) is 10.5 Å². The second-order valence-corrected chi connectivity index (χ2v) is 6.17. The molecular weight excluding hydrogens is 278 g/mol. The molecule has 7 heteroatoms. The van der Waals surface area contributed by atoms with Gasteiger partial charge >= 0.3 is 0 Å². The van der Waals surface area contributed by atoms with Gasteiger partial charge in [-0.05, 0) is 32.3 Å². The molecule has 0 fully saturated rings. The van der Waals surface area contributed by atoms with E-state index >= 15 is 0 Å². The van der Waals surface area contributed by atoms with Crippen LogP contribution in [0, 0.1) is 0 Å². The van der Waals surface area contributed by atoms with Gasteiger partial charge in [0.1, 0.15) is 12.4 Å². The second kappa shape index (κ2) is 7.47. The fourth-order valence-corrected chi connectivity index (χ4v) is 2.49. The Hall–Kier alpha value is -1.31. The topological polar surface area (TPSA) is 84.7 Å². The molecular formula is C13H23N3O3S. The molecule has 0 aliphatic heterocycles. The lowest BCUT2D eigenvalue weighted by Gasteiger charge is -2.18. The van der Waals surface area contributed by atoms with Crippen LogP contribution in [0.1, 0.15) is 13.8 Å². The standard InChI is InChI=1S/C13H23N3O3S/c1-4-16(5-2)8-9-19-13-10-11(6-7-12(13)14)20(17,18)15-3/h6-7,10,15H,4-5,8-9,14H2,1-3H3. The molecule has 6 nitrogen and oxygen atoms in total. The molecule has 0 heterocycles. The molecule has 0 bridgehead atoms. The number of nitrogens with zero attached hydrogens (tertiary/aromatic N) is 1. The van der Waals surface area contributed by atoms with Crippen molar-refractivity contribution in [1.29, 1.82) is 0 Å². The van der Waals surface area contributed by atoms with Crippen LogP contribution >= 0.6 is 0 Å². The maximum absolute atomic E-state index is 11.7. The summed E-state index contributed by atoms with van der Waals surface area (Å²) in [5.41, 5.74) is 6.23. The summed E-state index contributed by atoms with van der Waals surface area (Å²) in [6.07, 6.45) is 0. The van der Waals surface area contributed by atoms with E-state index in [1.807, 2.05) is 0 Å². The van der Waals surface area contributed by atoms with E-state index in [-0.39, 0.29) is 4.90 Å². The van der Waals surface area contributed by atoms with Crippen molar-refractivity contribution in [2.75, 3.05) is 39.0 Å². The number of rotatable bonds is 8. The molecule has 0 atom stereocenters. The smallest absolute Gasteiger partial charge is 0.240 e. The van der Waals surface area contributed by atoms with Gasteiger partial charge in [0.05, 0.1) is 10.6 Å². The van der Waals surface area contributed by atoms with E-state index in [0.717, 1.165) is 19.6 Å².